The maximum Gasteiger partial charge on any atom is 0.149 e. The van der Waals surface area contributed by atoms with E-state index < -0.39 is 6.10 Å². The van der Waals surface area contributed by atoms with Crippen molar-refractivity contribution in [2.75, 3.05) is 11.9 Å². The smallest absolute Gasteiger partial charge is 0.149 e. The molecule has 84 valence electrons. The molecular weight excluding hydrogens is 214 g/mol. The highest BCUT2D eigenvalue weighted by atomic mass is 35.5. The first-order valence-electron chi connectivity index (χ1n) is 4.79. The molecule has 0 radical (unpaired) electrons. The largest absolute Gasteiger partial charge is 0.391 e. The van der Waals surface area contributed by atoms with Crippen LogP contribution in [0.15, 0.2) is 12.4 Å². The van der Waals surface area contributed by atoms with Crippen LogP contribution in [0, 0.1) is 5.41 Å². The Hall–Kier alpha value is -0.870. The van der Waals surface area contributed by atoms with Gasteiger partial charge in [-0.2, -0.15) is 0 Å². The predicted octanol–water partition coefficient (Wildman–Crippen LogP) is 1.95. The molecule has 0 fully saturated rings. The van der Waals surface area contributed by atoms with E-state index in [-0.39, 0.29) is 5.41 Å². The highest BCUT2D eigenvalue weighted by Gasteiger charge is 2.21. The van der Waals surface area contributed by atoms with E-state index in [2.05, 4.69) is 15.3 Å². The van der Waals surface area contributed by atoms with Gasteiger partial charge in [-0.3, -0.25) is 4.98 Å². The van der Waals surface area contributed by atoms with Crippen molar-refractivity contribution in [1.29, 1.82) is 0 Å². The number of aliphatic hydroxyl groups is 1. The third kappa shape index (κ3) is 4.01. The number of nitrogens with zero attached hydrogens (tertiary/aromatic N) is 2. The lowest BCUT2D eigenvalue weighted by Crippen LogP contribution is -2.33. The average molecular weight is 230 g/mol. The molecule has 0 aliphatic rings. The predicted molar refractivity (Wildman–Crippen MR) is 61.0 cm³/mol. The summed E-state index contributed by atoms with van der Waals surface area (Å²) in [6, 6.07) is 0. The highest BCUT2D eigenvalue weighted by molar-refractivity contribution is 6.29. The van der Waals surface area contributed by atoms with Gasteiger partial charge in [0.2, 0.25) is 0 Å². The van der Waals surface area contributed by atoms with E-state index in [1.54, 1.807) is 6.20 Å². The number of hydrogen-bond acceptors (Lipinski definition) is 4. The topological polar surface area (TPSA) is 58.0 Å². The fourth-order valence-electron chi connectivity index (χ4n) is 0.935. The zero-order valence-corrected chi connectivity index (χ0v) is 9.91. The van der Waals surface area contributed by atoms with Crippen LogP contribution in [0.2, 0.25) is 5.15 Å². The van der Waals surface area contributed by atoms with Gasteiger partial charge >= 0.3 is 0 Å². The van der Waals surface area contributed by atoms with Crippen molar-refractivity contribution >= 4 is 17.4 Å². The third-order valence-corrected chi connectivity index (χ3v) is 2.26. The molecule has 0 spiro atoms. The van der Waals surface area contributed by atoms with Gasteiger partial charge in [0.25, 0.3) is 0 Å². The minimum atomic E-state index is -0.446. The minimum Gasteiger partial charge on any atom is -0.391 e. The lowest BCUT2D eigenvalue weighted by atomic mass is 9.89. The van der Waals surface area contributed by atoms with E-state index in [1.165, 1.54) is 6.20 Å². The molecule has 1 atom stereocenters. The van der Waals surface area contributed by atoms with E-state index >= 15 is 0 Å². The Balaban J connectivity index is 2.51. The molecule has 1 aromatic heterocycles. The zero-order valence-electron chi connectivity index (χ0n) is 9.16. The Kier molecular flexibility index (Phi) is 3.88. The van der Waals surface area contributed by atoms with E-state index in [1.807, 2.05) is 20.8 Å². The second-order valence-corrected chi connectivity index (χ2v) is 4.88. The van der Waals surface area contributed by atoms with Gasteiger partial charge in [0.1, 0.15) is 11.0 Å². The molecule has 1 aromatic rings. The number of rotatable bonds is 3. The van der Waals surface area contributed by atoms with Crippen molar-refractivity contribution in [1.82, 2.24) is 9.97 Å². The Labute approximate surface area is 94.7 Å². The molecule has 5 heteroatoms. The van der Waals surface area contributed by atoms with Crippen molar-refractivity contribution in [2.24, 2.45) is 5.41 Å². The van der Waals surface area contributed by atoms with Crippen LogP contribution in [0.1, 0.15) is 20.8 Å². The van der Waals surface area contributed by atoms with Gasteiger partial charge in [-0.25, -0.2) is 4.98 Å². The molecule has 2 N–H and O–H groups in total. The third-order valence-electron chi connectivity index (χ3n) is 2.08. The van der Waals surface area contributed by atoms with Gasteiger partial charge in [-0.15, -0.1) is 0 Å². The fourth-order valence-corrected chi connectivity index (χ4v) is 1.08. The second-order valence-electron chi connectivity index (χ2n) is 4.49. The van der Waals surface area contributed by atoms with Crippen LogP contribution in [0.5, 0.6) is 0 Å². The summed E-state index contributed by atoms with van der Waals surface area (Å²) in [5, 5.41) is 13.1. The van der Waals surface area contributed by atoms with E-state index in [9.17, 15) is 5.11 Å². The van der Waals surface area contributed by atoms with Crippen molar-refractivity contribution in [3.8, 4) is 0 Å². The summed E-state index contributed by atoms with van der Waals surface area (Å²) in [4.78, 5) is 7.89. The number of nitrogens with one attached hydrogen (secondary N) is 1. The van der Waals surface area contributed by atoms with Crippen LogP contribution >= 0.6 is 11.6 Å². The Bertz CT molecular complexity index is 325. The molecule has 0 aromatic carbocycles. The number of anilines is 1. The Morgan fingerprint density at radius 2 is 2.13 bits per heavy atom. The molecule has 0 unspecified atom stereocenters. The molecule has 0 saturated carbocycles. The van der Waals surface area contributed by atoms with Crippen LogP contribution in [0.25, 0.3) is 0 Å². The molecule has 1 heterocycles. The fraction of sp³-hybridized carbons (Fsp3) is 0.600. The van der Waals surface area contributed by atoms with Crippen molar-refractivity contribution in [3.05, 3.63) is 17.5 Å². The van der Waals surface area contributed by atoms with Gasteiger partial charge in [0, 0.05) is 6.54 Å². The Morgan fingerprint density at radius 1 is 1.47 bits per heavy atom. The maximum absolute atomic E-state index is 9.77. The monoisotopic (exact) mass is 229 g/mol. The van der Waals surface area contributed by atoms with Gasteiger partial charge in [-0.1, -0.05) is 32.4 Å². The molecule has 0 saturated heterocycles. The summed E-state index contributed by atoms with van der Waals surface area (Å²) in [7, 11) is 0. The van der Waals surface area contributed by atoms with Gasteiger partial charge in [0.05, 0.1) is 18.5 Å². The number of hydrogen-bond donors (Lipinski definition) is 2. The summed E-state index contributed by atoms with van der Waals surface area (Å²) < 4.78 is 0. The zero-order chi connectivity index (χ0) is 11.5. The highest BCUT2D eigenvalue weighted by Crippen LogP contribution is 2.19. The molecular formula is C10H16ClN3O. The molecule has 0 amide bonds. The summed E-state index contributed by atoms with van der Waals surface area (Å²) in [6.45, 7) is 6.35. The van der Waals surface area contributed by atoms with Gasteiger partial charge in [-0.05, 0) is 5.41 Å². The van der Waals surface area contributed by atoms with Gasteiger partial charge in [0.15, 0.2) is 0 Å². The van der Waals surface area contributed by atoms with Crippen molar-refractivity contribution in [2.45, 2.75) is 26.9 Å². The summed E-state index contributed by atoms with van der Waals surface area (Å²) in [6.07, 6.45) is 2.59. The Morgan fingerprint density at radius 3 is 2.67 bits per heavy atom. The molecule has 4 nitrogen and oxygen atoms in total. The van der Waals surface area contributed by atoms with E-state index in [0.29, 0.717) is 17.5 Å². The number of halogens is 1. The number of aromatic nitrogens is 2. The first kappa shape index (κ1) is 12.2. The SMILES string of the molecule is CC(C)(C)[C@H](O)CNc1cncc(Cl)n1. The molecule has 0 aliphatic heterocycles. The molecule has 0 aliphatic carbocycles. The summed E-state index contributed by atoms with van der Waals surface area (Å²) in [5.41, 5.74) is -0.154. The van der Waals surface area contributed by atoms with Crippen LogP contribution in [0.4, 0.5) is 5.82 Å². The normalized spacial score (nSPS) is 13.7. The number of aliphatic hydroxyl groups excluding tert-OH is 1. The van der Waals surface area contributed by atoms with Crippen LogP contribution < -0.4 is 5.32 Å². The first-order chi connectivity index (χ1) is 6.89. The summed E-state index contributed by atoms with van der Waals surface area (Å²) >= 11 is 5.67. The van der Waals surface area contributed by atoms with Crippen LogP contribution in [-0.2, 0) is 0 Å². The maximum atomic E-state index is 9.77. The van der Waals surface area contributed by atoms with Crippen molar-refractivity contribution in [3.63, 3.8) is 0 Å². The lowest BCUT2D eigenvalue weighted by molar-refractivity contribution is 0.0745. The van der Waals surface area contributed by atoms with Crippen LogP contribution in [-0.4, -0.2) is 27.7 Å². The quantitative estimate of drug-likeness (QED) is 0.832. The van der Waals surface area contributed by atoms with Crippen molar-refractivity contribution < 1.29 is 5.11 Å². The van der Waals surface area contributed by atoms with Crippen LogP contribution in [0.3, 0.4) is 0 Å². The molecule has 0 bridgehead atoms. The lowest BCUT2D eigenvalue weighted by Gasteiger charge is -2.25. The standard InChI is InChI=1S/C10H16ClN3O/c1-10(2,3)7(15)4-13-9-6-12-5-8(11)14-9/h5-7,15H,4H2,1-3H3,(H,13,14)/t7-/m1/s1. The first-order valence-corrected chi connectivity index (χ1v) is 5.17. The average Bonchev–Trinajstić information content (AvgIpc) is 2.12. The minimum absolute atomic E-state index is 0.154. The summed E-state index contributed by atoms with van der Waals surface area (Å²) in [5.74, 6) is 0.575. The van der Waals surface area contributed by atoms with E-state index in [4.69, 9.17) is 11.6 Å². The molecule has 1 rings (SSSR count). The molecule has 15 heavy (non-hydrogen) atoms. The van der Waals surface area contributed by atoms with E-state index in [0.717, 1.165) is 0 Å². The second kappa shape index (κ2) is 4.77. The van der Waals surface area contributed by atoms with Gasteiger partial charge < -0.3 is 10.4 Å².